The lowest BCUT2D eigenvalue weighted by molar-refractivity contribution is -0.118. The molecule has 1 aromatic heterocycles. The van der Waals surface area contributed by atoms with Crippen LogP contribution in [0.2, 0.25) is 5.02 Å². The number of hydrogen-bond acceptors (Lipinski definition) is 7. The van der Waals surface area contributed by atoms with Crippen molar-refractivity contribution >= 4 is 35.5 Å². The van der Waals surface area contributed by atoms with E-state index in [-0.39, 0.29) is 11.7 Å². The Hall–Kier alpha value is -3.82. The van der Waals surface area contributed by atoms with Gasteiger partial charge >= 0.3 is 0 Å². The van der Waals surface area contributed by atoms with Crippen LogP contribution in [0.15, 0.2) is 83.1 Å². The Balaban J connectivity index is 1.49. The number of amides is 1. The average Bonchev–Trinajstić information content (AvgIpc) is 3.32. The molecule has 0 saturated heterocycles. The minimum Gasteiger partial charge on any atom is -0.493 e. The minimum atomic E-state index is -0.288. The van der Waals surface area contributed by atoms with Gasteiger partial charge in [0.1, 0.15) is 0 Å². The van der Waals surface area contributed by atoms with E-state index < -0.39 is 0 Å². The summed E-state index contributed by atoms with van der Waals surface area (Å²) in [7, 11) is 3.11. The number of rotatable bonds is 9. The Morgan fingerprint density at radius 2 is 1.80 bits per heavy atom. The second-order valence-electron chi connectivity index (χ2n) is 7.15. The number of carbonyl (C=O) groups is 1. The summed E-state index contributed by atoms with van der Waals surface area (Å²) < 4.78 is 12.6. The first-order chi connectivity index (χ1) is 17.1. The van der Waals surface area contributed by atoms with Crippen molar-refractivity contribution in [3.63, 3.8) is 0 Å². The number of methoxy groups -OCH3 is 2. The second-order valence-corrected chi connectivity index (χ2v) is 8.53. The van der Waals surface area contributed by atoms with Gasteiger partial charge in [-0.05, 0) is 48.5 Å². The van der Waals surface area contributed by atoms with Gasteiger partial charge in [0.25, 0.3) is 5.91 Å². The number of hydrogen-bond donors (Lipinski definition) is 1. The zero-order valence-electron chi connectivity index (χ0n) is 19.0. The van der Waals surface area contributed by atoms with Crippen LogP contribution in [-0.2, 0) is 4.79 Å². The summed E-state index contributed by atoms with van der Waals surface area (Å²) in [6.07, 6.45) is 1.51. The smallest absolute Gasteiger partial charge is 0.250 e. The molecular weight excluding hydrogens is 486 g/mol. The monoisotopic (exact) mass is 507 g/mol. The van der Waals surface area contributed by atoms with E-state index in [0.29, 0.717) is 33.1 Å². The third-order valence-corrected chi connectivity index (χ3v) is 6.09. The van der Waals surface area contributed by atoms with Crippen molar-refractivity contribution in [3.05, 3.63) is 83.4 Å². The topological polar surface area (TPSA) is 90.6 Å². The third-order valence-electron chi connectivity index (χ3n) is 4.91. The Kier molecular flexibility index (Phi) is 8.02. The molecule has 0 fully saturated rings. The van der Waals surface area contributed by atoms with Gasteiger partial charge in [0.2, 0.25) is 0 Å². The molecule has 0 atom stereocenters. The van der Waals surface area contributed by atoms with Gasteiger partial charge in [-0.1, -0.05) is 47.6 Å². The fourth-order valence-electron chi connectivity index (χ4n) is 3.31. The molecule has 4 rings (SSSR count). The number of para-hydroxylation sites is 2. The SMILES string of the molecule is COc1cccc(/C=N\NC(=O)CSc2nnc(-c3ccc(Cl)cc3)n2-c2ccccc2)c1OC. The molecule has 35 heavy (non-hydrogen) atoms. The van der Waals surface area contributed by atoms with Crippen molar-refractivity contribution in [2.75, 3.05) is 20.0 Å². The maximum atomic E-state index is 12.5. The molecule has 0 unspecified atom stereocenters. The summed E-state index contributed by atoms with van der Waals surface area (Å²) in [5.41, 5.74) is 4.96. The maximum absolute atomic E-state index is 12.5. The van der Waals surface area contributed by atoms with Crippen LogP contribution < -0.4 is 14.9 Å². The molecule has 0 aliphatic rings. The molecule has 178 valence electrons. The Bertz CT molecular complexity index is 1330. The van der Waals surface area contributed by atoms with Crippen LogP contribution in [0.3, 0.4) is 0 Å². The molecule has 1 heterocycles. The van der Waals surface area contributed by atoms with Crippen LogP contribution in [0.25, 0.3) is 17.1 Å². The fourth-order valence-corrected chi connectivity index (χ4v) is 4.18. The molecular formula is C25H22ClN5O3S. The van der Waals surface area contributed by atoms with Gasteiger partial charge in [-0.3, -0.25) is 9.36 Å². The predicted molar refractivity (Wildman–Crippen MR) is 138 cm³/mol. The number of hydrazone groups is 1. The standard InChI is InChI=1S/C25H22ClN5O3S/c1-33-21-10-6-7-18(23(21)34-2)15-27-28-22(32)16-35-25-30-29-24(17-11-13-19(26)14-12-17)31(25)20-8-4-3-5-9-20/h3-15H,16H2,1-2H3,(H,28,32)/b27-15-. The first kappa shape index (κ1) is 24.3. The van der Waals surface area contributed by atoms with Crippen LogP contribution >= 0.6 is 23.4 Å². The highest BCUT2D eigenvalue weighted by Crippen LogP contribution is 2.30. The summed E-state index contributed by atoms with van der Waals surface area (Å²) in [5.74, 6) is 1.57. The van der Waals surface area contributed by atoms with Crippen LogP contribution in [0.4, 0.5) is 0 Å². The first-order valence-corrected chi connectivity index (χ1v) is 11.9. The summed E-state index contributed by atoms with van der Waals surface area (Å²) in [5, 5.41) is 14.0. The number of thioether (sulfide) groups is 1. The van der Waals surface area contributed by atoms with Crippen molar-refractivity contribution in [2.24, 2.45) is 5.10 Å². The van der Waals surface area contributed by atoms with Gasteiger partial charge in [-0.15, -0.1) is 10.2 Å². The van der Waals surface area contributed by atoms with E-state index in [1.807, 2.05) is 59.2 Å². The highest BCUT2D eigenvalue weighted by atomic mass is 35.5. The predicted octanol–water partition coefficient (Wildman–Crippen LogP) is 4.85. The summed E-state index contributed by atoms with van der Waals surface area (Å²) in [6, 6.07) is 22.5. The van der Waals surface area contributed by atoms with Crippen LogP contribution in [0.1, 0.15) is 5.56 Å². The number of benzene rings is 3. The van der Waals surface area contributed by atoms with E-state index in [2.05, 4.69) is 20.7 Å². The molecule has 0 bridgehead atoms. The quantitative estimate of drug-likeness (QED) is 0.198. The first-order valence-electron chi connectivity index (χ1n) is 10.5. The molecule has 0 saturated carbocycles. The van der Waals surface area contributed by atoms with Gasteiger partial charge < -0.3 is 9.47 Å². The summed E-state index contributed by atoms with van der Waals surface area (Å²) in [4.78, 5) is 12.5. The van der Waals surface area contributed by atoms with Gasteiger partial charge in [0.15, 0.2) is 22.5 Å². The van der Waals surface area contributed by atoms with E-state index in [1.165, 1.54) is 18.0 Å². The van der Waals surface area contributed by atoms with Gasteiger partial charge in [-0.2, -0.15) is 5.10 Å². The number of carbonyl (C=O) groups excluding carboxylic acids is 1. The van der Waals surface area contributed by atoms with Crippen LogP contribution in [0, 0.1) is 0 Å². The molecule has 0 spiro atoms. The van der Waals surface area contributed by atoms with E-state index in [1.54, 1.807) is 32.4 Å². The number of nitrogens with zero attached hydrogens (tertiary/aromatic N) is 4. The lowest BCUT2D eigenvalue weighted by atomic mass is 10.2. The molecule has 3 aromatic carbocycles. The highest BCUT2D eigenvalue weighted by molar-refractivity contribution is 7.99. The van der Waals surface area contributed by atoms with Gasteiger partial charge in [0, 0.05) is 21.8 Å². The Morgan fingerprint density at radius 1 is 1.03 bits per heavy atom. The number of aromatic nitrogens is 3. The fraction of sp³-hybridized carbons (Fsp3) is 0.120. The van der Waals surface area contributed by atoms with Crippen molar-refractivity contribution in [3.8, 4) is 28.6 Å². The van der Waals surface area contributed by atoms with E-state index in [9.17, 15) is 4.79 Å². The molecule has 10 heteroatoms. The molecule has 0 aliphatic heterocycles. The van der Waals surface area contributed by atoms with Gasteiger partial charge in [-0.25, -0.2) is 5.43 Å². The van der Waals surface area contributed by atoms with Crippen molar-refractivity contribution in [1.82, 2.24) is 20.2 Å². The van der Waals surface area contributed by atoms with Crippen molar-refractivity contribution < 1.29 is 14.3 Å². The number of ether oxygens (including phenoxy) is 2. The largest absolute Gasteiger partial charge is 0.493 e. The van der Waals surface area contributed by atoms with Gasteiger partial charge in [0.05, 0.1) is 26.2 Å². The van der Waals surface area contributed by atoms with Crippen LogP contribution in [-0.4, -0.2) is 46.9 Å². The zero-order chi connectivity index (χ0) is 24.6. The Labute approximate surface area is 211 Å². The van der Waals surface area contributed by atoms with Crippen molar-refractivity contribution in [1.29, 1.82) is 0 Å². The van der Waals surface area contributed by atoms with Crippen molar-refractivity contribution in [2.45, 2.75) is 5.16 Å². The molecule has 1 amide bonds. The third kappa shape index (κ3) is 5.82. The Morgan fingerprint density at radius 3 is 2.51 bits per heavy atom. The summed E-state index contributed by atoms with van der Waals surface area (Å²) >= 11 is 7.30. The maximum Gasteiger partial charge on any atom is 0.250 e. The number of halogens is 1. The molecule has 1 N–H and O–H groups in total. The lowest BCUT2D eigenvalue weighted by Crippen LogP contribution is -2.20. The van der Waals surface area contributed by atoms with E-state index in [0.717, 1.165) is 11.3 Å². The molecule has 8 nitrogen and oxygen atoms in total. The molecule has 4 aromatic rings. The highest BCUT2D eigenvalue weighted by Gasteiger charge is 2.17. The summed E-state index contributed by atoms with van der Waals surface area (Å²) in [6.45, 7) is 0. The minimum absolute atomic E-state index is 0.0954. The molecule has 0 aliphatic carbocycles. The average molecular weight is 508 g/mol. The van der Waals surface area contributed by atoms with E-state index in [4.69, 9.17) is 21.1 Å². The number of nitrogens with one attached hydrogen (secondary N) is 1. The second kappa shape index (κ2) is 11.5. The normalized spacial score (nSPS) is 10.9. The van der Waals surface area contributed by atoms with E-state index >= 15 is 0 Å². The lowest BCUT2D eigenvalue weighted by Gasteiger charge is -2.10. The van der Waals surface area contributed by atoms with Crippen LogP contribution in [0.5, 0.6) is 11.5 Å². The zero-order valence-corrected chi connectivity index (χ0v) is 20.6. The molecule has 0 radical (unpaired) electrons.